The number of aromatic nitrogens is 3. The van der Waals surface area contributed by atoms with Crippen molar-refractivity contribution in [1.82, 2.24) is 19.6 Å². The van der Waals surface area contributed by atoms with Crippen LogP contribution in [0.4, 0.5) is 5.82 Å². The molecule has 3 atom stereocenters. The standard InChI is InChI=1S/C26H34N5O4P/c1-5-33-17-23-29-24-25(21-13-9-10-14-22(21)28-26(24)27)31(23)15-19(3)34-36(30-18(2)16-32-4)35-20-11-7-6-8-12-20/h6-14,18-19,30H,5,15-17H2,1-4H3,(H2,27,28)/t18-,19+,36+/m0/s1. The predicted octanol–water partition coefficient (Wildman–Crippen LogP) is 5.04. The van der Waals surface area contributed by atoms with Gasteiger partial charge in [-0.1, -0.05) is 36.4 Å². The molecule has 0 unspecified atom stereocenters. The maximum Gasteiger partial charge on any atom is 0.318 e. The summed E-state index contributed by atoms with van der Waals surface area (Å²) in [6.45, 7) is 8.04. The van der Waals surface area contributed by atoms with Crippen LogP contribution >= 0.6 is 8.53 Å². The molecule has 2 heterocycles. The molecular formula is C26H34N5O4P. The average Bonchev–Trinajstić information content (AvgIpc) is 3.22. The van der Waals surface area contributed by atoms with Crippen molar-refractivity contribution in [2.45, 2.75) is 46.1 Å². The van der Waals surface area contributed by atoms with Gasteiger partial charge in [0.05, 0.1) is 30.3 Å². The van der Waals surface area contributed by atoms with Gasteiger partial charge in [0, 0.05) is 25.1 Å². The topological polar surface area (TPSA) is 106 Å². The van der Waals surface area contributed by atoms with Gasteiger partial charge >= 0.3 is 8.53 Å². The van der Waals surface area contributed by atoms with E-state index in [1.54, 1.807) is 7.11 Å². The molecule has 0 bridgehead atoms. The van der Waals surface area contributed by atoms with Gasteiger partial charge in [-0.15, -0.1) is 0 Å². The van der Waals surface area contributed by atoms with Crippen molar-refractivity contribution >= 4 is 36.3 Å². The number of nitrogen functional groups attached to an aromatic ring is 1. The highest BCUT2D eigenvalue weighted by atomic mass is 31.2. The highest BCUT2D eigenvalue weighted by Gasteiger charge is 2.23. The van der Waals surface area contributed by atoms with Crippen molar-refractivity contribution in [3.63, 3.8) is 0 Å². The van der Waals surface area contributed by atoms with E-state index in [2.05, 4.69) is 14.6 Å². The summed E-state index contributed by atoms with van der Waals surface area (Å²) in [5.41, 5.74) is 8.74. The number of pyridine rings is 1. The van der Waals surface area contributed by atoms with Gasteiger partial charge < -0.3 is 28.8 Å². The summed E-state index contributed by atoms with van der Waals surface area (Å²) < 4.78 is 25.8. The Bertz CT molecular complexity index is 1270. The Morgan fingerprint density at radius 2 is 1.81 bits per heavy atom. The van der Waals surface area contributed by atoms with Crippen LogP contribution in [-0.2, 0) is 27.1 Å². The van der Waals surface area contributed by atoms with Gasteiger partial charge in [0.25, 0.3) is 0 Å². The van der Waals surface area contributed by atoms with Crippen molar-refractivity contribution < 1.29 is 18.5 Å². The molecule has 0 fully saturated rings. The number of nitrogens with one attached hydrogen (secondary N) is 1. The zero-order chi connectivity index (χ0) is 25.5. The highest BCUT2D eigenvalue weighted by molar-refractivity contribution is 7.45. The van der Waals surface area contributed by atoms with Crippen LogP contribution in [-0.4, -0.2) is 47.0 Å². The van der Waals surface area contributed by atoms with Crippen LogP contribution < -0.4 is 15.3 Å². The molecule has 0 aliphatic carbocycles. The zero-order valence-corrected chi connectivity index (χ0v) is 22.1. The predicted molar refractivity (Wildman–Crippen MR) is 144 cm³/mol. The van der Waals surface area contributed by atoms with Crippen LogP contribution in [0, 0.1) is 0 Å². The summed E-state index contributed by atoms with van der Waals surface area (Å²) in [6, 6.07) is 17.6. The van der Waals surface area contributed by atoms with Gasteiger partial charge in [-0.25, -0.2) is 15.1 Å². The molecule has 4 rings (SSSR count). The maximum absolute atomic E-state index is 6.44. The third-order valence-corrected chi connectivity index (χ3v) is 7.09. The summed E-state index contributed by atoms with van der Waals surface area (Å²) in [5.74, 6) is 1.92. The molecule has 0 saturated carbocycles. The van der Waals surface area contributed by atoms with Crippen LogP contribution in [0.15, 0.2) is 54.6 Å². The highest BCUT2D eigenvalue weighted by Crippen LogP contribution is 2.38. The lowest BCUT2D eigenvalue weighted by Crippen LogP contribution is -2.30. The molecule has 192 valence electrons. The SMILES string of the molecule is CCOCc1nc2c(N)nc3ccccc3c2n1C[C@@H](C)O[P@@](N[C@@H](C)COC)Oc1ccccc1. The Hall–Kier alpha value is -2.81. The molecule has 0 radical (unpaired) electrons. The Balaban J connectivity index is 1.64. The number of fused-ring (bicyclic) bond motifs is 3. The minimum atomic E-state index is -1.45. The monoisotopic (exact) mass is 511 g/mol. The molecule has 36 heavy (non-hydrogen) atoms. The Kier molecular flexibility index (Phi) is 9.07. The molecule has 0 aliphatic rings. The van der Waals surface area contributed by atoms with Crippen molar-refractivity contribution in [3.8, 4) is 5.75 Å². The number of imidazole rings is 1. The number of ether oxygens (including phenoxy) is 2. The van der Waals surface area contributed by atoms with Gasteiger partial charge in [-0.3, -0.25) is 0 Å². The van der Waals surface area contributed by atoms with E-state index in [4.69, 9.17) is 29.2 Å². The number of nitrogens with two attached hydrogens (primary N) is 1. The summed E-state index contributed by atoms with van der Waals surface area (Å²) in [4.78, 5) is 9.36. The molecule has 2 aromatic carbocycles. The lowest BCUT2D eigenvalue weighted by Gasteiger charge is -2.25. The Morgan fingerprint density at radius 1 is 1.06 bits per heavy atom. The number of benzene rings is 2. The summed E-state index contributed by atoms with van der Waals surface area (Å²) in [6.07, 6.45) is -0.215. The van der Waals surface area contributed by atoms with E-state index in [-0.39, 0.29) is 12.1 Å². The summed E-state index contributed by atoms with van der Waals surface area (Å²) in [5, 5.41) is 4.40. The molecule has 0 spiro atoms. The van der Waals surface area contributed by atoms with Crippen LogP contribution in [0.3, 0.4) is 0 Å². The van der Waals surface area contributed by atoms with E-state index in [0.29, 0.717) is 37.7 Å². The minimum Gasteiger partial charge on any atom is -0.436 e. The van der Waals surface area contributed by atoms with Crippen LogP contribution in [0.1, 0.15) is 26.6 Å². The third kappa shape index (κ3) is 6.30. The van der Waals surface area contributed by atoms with Crippen molar-refractivity contribution in [2.75, 3.05) is 26.1 Å². The van der Waals surface area contributed by atoms with E-state index in [1.165, 1.54) is 0 Å². The van der Waals surface area contributed by atoms with Crippen LogP contribution in [0.5, 0.6) is 5.75 Å². The summed E-state index contributed by atoms with van der Waals surface area (Å²) >= 11 is 0. The first-order valence-corrected chi connectivity index (χ1v) is 13.2. The smallest absolute Gasteiger partial charge is 0.318 e. The van der Waals surface area contributed by atoms with Crippen molar-refractivity contribution in [1.29, 1.82) is 0 Å². The van der Waals surface area contributed by atoms with Gasteiger partial charge in [0.15, 0.2) is 5.82 Å². The van der Waals surface area contributed by atoms with E-state index >= 15 is 0 Å². The first kappa shape index (κ1) is 26.3. The molecule has 2 aromatic heterocycles. The van der Waals surface area contributed by atoms with E-state index in [0.717, 1.165) is 28.0 Å². The van der Waals surface area contributed by atoms with Gasteiger partial charge in [-0.05, 0) is 39.0 Å². The number of hydrogen-bond acceptors (Lipinski definition) is 8. The van der Waals surface area contributed by atoms with Crippen molar-refractivity contribution in [3.05, 3.63) is 60.4 Å². The zero-order valence-electron chi connectivity index (χ0n) is 21.2. The van der Waals surface area contributed by atoms with Crippen LogP contribution in [0.25, 0.3) is 21.9 Å². The fourth-order valence-electron chi connectivity index (χ4n) is 3.98. The van der Waals surface area contributed by atoms with Gasteiger partial charge in [-0.2, -0.15) is 0 Å². The fraction of sp³-hybridized carbons (Fsp3) is 0.385. The molecule has 3 N–H and O–H groups in total. The number of para-hydroxylation sites is 2. The number of anilines is 1. The maximum atomic E-state index is 6.44. The number of nitrogens with zero attached hydrogens (tertiary/aromatic N) is 3. The Morgan fingerprint density at radius 3 is 2.56 bits per heavy atom. The quantitative estimate of drug-likeness (QED) is 0.241. The van der Waals surface area contributed by atoms with E-state index < -0.39 is 8.53 Å². The molecule has 0 amide bonds. The number of methoxy groups -OCH3 is 1. The van der Waals surface area contributed by atoms with Crippen molar-refractivity contribution in [2.24, 2.45) is 0 Å². The van der Waals surface area contributed by atoms with Gasteiger partial charge in [0.2, 0.25) is 0 Å². The second-order valence-corrected chi connectivity index (χ2v) is 9.72. The van der Waals surface area contributed by atoms with E-state index in [1.807, 2.05) is 75.4 Å². The largest absolute Gasteiger partial charge is 0.436 e. The first-order chi connectivity index (χ1) is 17.5. The molecule has 10 heteroatoms. The first-order valence-electron chi connectivity index (χ1n) is 12.1. The lowest BCUT2D eigenvalue weighted by atomic mass is 10.2. The fourth-order valence-corrected chi connectivity index (χ4v) is 5.28. The summed E-state index contributed by atoms with van der Waals surface area (Å²) in [7, 11) is 0.232. The van der Waals surface area contributed by atoms with Crippen LogP contribution in [0.2, 0.25) is 0 Å². The molecule has 0 aliphatic heterocycles. The Labute approximate surface area is 212 Å². The number of rotatable bonds is 13. The second-order valence-electron chi connectivity index (χ2n) is 8.55. The normalized spacial score (nSPS) is 14.2. The van der Waals surface area contributed by atoms with Gasteiger partial charge in [0.1, 0.15) is 23.7 Å². The lowest BCUT2D eigenvalue weighted by molar-refractivity contribution is 0.122. The molecule has 0 saturated heterocycles. The molecule has 9 nitrogen and oxygen atoms in total. The number of hydrogen-bond donors (Lipinski definition) is 2. The molecular weight excluding hydrogens is 477 g/mol. The third-order valence-electron chi connectivity index (χ3n) is 5.51. The average molecular weight is 512 g/mol. The molecule has 4 aromatic rings. The van der Waals surface area contributed by atoms with E-state index in [9.17, 15) is 0 Å². The minimum absolute atomic E-state index is 0.0504. The second kappa shape index (κ2) is 12.4.